The lowest BCUT2D eigenvalue weighted by Gasteiger charge is -2.21. The molecule has 0 aliphatic carbocycles. The van der Waals surface area contributed by atoms with E-state index in [2.05, 4.69) is 10.2 Å². The molecule has 0 saturated heterocycles. The van der Waals surface area contributed by atoms with Gasteiger partial charge in [0.15, 0.2) is 0 Å². The van der Waals surface area contributed by atoms with E-state index in [1.54, 1.807) is 6.92 Å². The predicted octanol–water partition coefficient (Wildman–Crippen LogP) is -0.0977. The van der Waals surface area contributed by atoms with E-state index >= 15 is 0 Å². The number of hydrogen-bond donors (Lipinski definition) is 3. The van der Waals surface area contributed by atoms with E-state index in [0.29, 0.717) is 0 Å². The Morgan fingerprint density at radius 2 is 1.59 bits per heavy atom. The molecule has 1 amide bonds. The van der Waals surface area contributed by atoms with E-state index in [9.17, 15) is 4.79 Å². The Morgan fingerprint density at radius 3 is 2.18 bits per heavy atom. The number of carbonyl (C=O) groups excluding carboxylic acids is 1. The van der Waals surface area contributed by atoms with Crippen LogP contribution >= 0.6 is 0 Å². The second-order valence-electron chi connectivity index (χ2n) is 4.32. The summed E-state index contributed by atoms with van der Waals surface area (Å²) in [6.07, 6.45) is 4.24. The van der Waals surface area contributed by atoms with Gasteiger partial charge in [0.2, 0.25) is 5.91 Å². The van der Waals surface area contributed by atoms with Crippen molar-refractivity contribution in [3.05, 3.63) is 0 Å². The minimum absolute atomic E-state index is 0.0432. The first kappa shape index (κ1) is 16.4. The third-order valence-corrected chi connectivity index (χ3v) is 2.63. The van der Waals surface area contributed by atoms with Crippen LogP contribution in [0.3, 0.4) is 0 Å². The van der Waals surface area contributed by atoms with Crippen LogP contribution in [0, 0.1) is 0 Å². The Bertz CT molecular complexity index is 187. The number of carbonyl (C=O) groups is 1. The molecule has 0 rings (SSSR count). The van der Waals surface area contributed by atoms with Crippen LogP contribution in [0.2, 0.25) is 0 Å². The fourth-order valence-corrected chi connectivity index (χ4v) is 1.70. The molecule has 17 heavy (non-hydrogen) atoms. The first-order valence-corrected chi connectivity index (χ1v) is 6.57. The van der Waals surface area contributed by atoms with Crippen molar-refractivity contribution in [1.82, 2.24) is 10.2 Å². The minimum atomic E-state index is 0.0432. The summed E-state index contributed by atoms with van der Waals surface area (Å²) in [6, 6.07) is 0. The van der Waals surface area contributed by atoms with Crippen molar-refractivity contribution in [1.29, 1.82) is 0 Å². The molecule has 5 N–H and O–H groups in total. The molecule has 5 heteroatoms. The zero-order chi connectivity index (χ0) is 12.9. The van der Waals surface area contributed by atoms with Gasteiger partial charge in [-0.05, 0) is 58.4 Å². The zero-order valence-electron chi connectivity index (χ0n) is 11.1. The van der Waals surface area contributed by atoms with E-state index in [-0.39, 0.29) is 5.91 Å². The van der Waals surface area contributed by atoms with Gasteiger partial charge in [0, 0.05) is 13.5 Å². The predicted molar refractivity (Wildman–Crippen MR) is 71.7 cm³/mol. The Labute approximate surface area is 105 Å². The molecule has 0 heterocycles. The minimum Gasteiger partial charge on any atom is -0.356 e. The van der Waals surface area contributed by atoms with E-state index in [0.717, 1.165) is 65.0 Å². The molecule has 0 aliphatic heterocycles. The van der Waals surface area contributed by atoms with Crippen LogP contribution < -0.4 is 16.8 Å². The fourth-order valence-electron chi connectivity index (χ4n) is 1.70. The van der Waals surface area contributed by atoms with Crippen molar-refractivity contribution < 1.29 is 4.79 Å². The SMILES string of the molecule is CC(=O)NCCCN(CCCN)CCCCN. The molecule has 5 nitrogen and oxygen atoms in total. The van der Waals surface area contributed by atoms with Gasteiger partial charge >= 0.3 is 0 Å². The van der Waals surface area contributed by atoms with Gasteiger partial charge in [-0.2, -0.15) is 0 Å². The lowest BCUT2D eigenvalue weighted by atomic mass is 10.2. The number of rotatable bonds is 11. The number of amides is 1. The maximum atomic E-state index is 10.7. The highest BCUT2D eigenvalue weighted by molar-refractivity contribution is 5.72. The molecule has 0 aromatic carbocycles. The van der Waals surface area contributed by atoms with Crippen molar-refractivity contribution in [3.63, 3.8) is 0 Å². The van der Waals surface area contributed by atoms with Gasteiger partial charge in [-0.25, -0.2) is 0 Å². The summed E-state index contributed by atoms with van der Waals surface area (Å²) in [6.45, 7) is 6.94. The number of hydrogen-bond acceptors (Lipinski definition) is 4. The largest absolute Gasteiger partial charge is 0.356 e. The number of nitrogens with zero attached hydrogens (tertiary/aromatic N) is 1. The maximum Gasteiger partial charge on any atom is 0.216 e. The van der Waals surface area contributed by atoms with Crippen LogP contribution in [-0.4, -0.2) is 50.1 Å². The average molecular weight is 244 g/mol. The molecule has 0 aromatic rings. The molecule has 0 atom stereocenters. The van der Waals surface area contributed by atoms with Crippen LogP contribution in [0.1, 0.15) is 32.6 Å². The zero-order valence-corrected chi connectivity index (χ0v) is 11.1. The summed E-state index contributed by atoms with van der Waals surface area (Å²) in [4.78, 5) is 13.1. The Morgan fingerprint density at radius 1 is 1.00 bits per heavy atom. The van der Waals surface area contributed by atoms with Crippen LogP contribution in [0.4, 0.5) is 0 Å². The Kier molecular flexibility index (Phi) is 11.4. The summed E-state index contributed by atoms with van der Waals surface area (Å²) in [5, 5.41) is 2.81. The highest BCUT2D eigenvalue weighted by Crippen LogP contribution is 1.98. The smallest absolute Gasteiger partial charge is 0.216 e. The first-order chi connectivity index (χ1) is 8.20. The second-order valence-corrected chi connectivity index (χ2v) is 4.32. The van der Waals surface area contributed by atoms with Crippen LogP contribution in [0.15, 0.2) is 0 Å². The van der Waals surface area contributed by atoms with E-state index < -0.39 is 0 Å². The third-order valence-electron chi connectivity index (χ3n) is 2.63. The molecule has 0 aromatic heterocycles. The van der Waals surface area contributed by atoms with Gasteiger partial charge in [-0.3, -0.25) is 4.79 Å². The summed E-state index contributed by atoms with van der Waals surface area (Å²) in [5.41, 5.74) is 11.0. The normalized spacial score (nSPS) is 10.8. The molecule has 0 bridgehead atoms. The van der Waals surface area contributed by atoms with Gasteiger partial charge < -0.3 is 21.7 Å². The molecule has 0 spiro atoms. The highest BCUT2D eigenvalue weighted by Gasteiger charge is 2.03. The summed E-state index contributed by atoms with van der Waals surface area (Å²) < 4.78 is 0. The summed E-state index contributed by atoms with van der Waals surface area (Å²) >= 11 is 0. The lowest BCUT2D eigenvalue weighted by molar-refractivity contribution is -0.118. The molecule has 0 aliphatic rings. The van der Waals surface area contributed by atoms with Crippen LogP contribution in [-0.2, 0) is 4.79 Å². The molecule has 0 unspecified atom stereocenters. The van der Waals surface area contributed by atoms with Crippen molar-refractivity contribution in [3.8, 4) is 0 Å². The summed E-state index contributed by atoms with van der Waals surface area (Å²) in [5.74, 6) is 0.0432. The standard InChI is InChI=1S/C12H28N4O/c1-12(17)15-8-5-11-16(10-4-7-14)9-3-2-6-13/h2-11,13-14H2,1H3,(H,15,17). The van der Waals surface area contributed by atoms with Gasteiger partial charge in [0.1, 0.15) is 0 Å². The van der Waals surface area contributed by atoms with Crippen molar-refractivity contribution in [2.24, 2.45) is 11.5 Å². The lowest BCUT2D eigenvalue weighted by Crippen LogP contribution is -2.31. The second kappa shape index (κ2) is 11.8. The van der Waals surface area contributed by atoms with Crippen molar-refractivity contribution >= 4 is 5.91 Å². The molecular weight excluding hydrogens is 216 g/mol. The van der Waals surface area contributed by atoms with Gasteiger partial charge in [0.05, 0.1) is 0 Å². The Balaban J connectivity index is 3.64. The maximum absolute atomic E-state index is 10.7. The van der Waals surface area contributed by atoms with E-state index in [4.69, 9.17) is 11.5 Å². The highest BCUT2D eigenvalue weighted by atomic mass is 16.1. The fraction of sp³-hybridized carbons (Fsp3) is 0.917. The number of nitrogens with one attached hydrogen (secondary N) is 1. The van der Waals surface area contributed by atoms with Crippen LogP contribution in [0.25, 0.3) is 0 Å². The molecule has 0 saturated carbocycles. The van der Waals surface area contributed by atoms with E-state index in [1.807, 2.05) is 0 Å². The summed E-state index contributed by atoms with van der Waals surface area (Å²) in [7, 11) is 0. The molecule has 102 valence electrons. The number of unbranched alkanes of at least 4 members (excludes halogenated alkanes) is 1. The monoisotopic (exact) mass is 244 g/mol. The van der Waals surface area contributed by atoms with Gasteiger partial charge in [0.25, 0.3) is 0 Å². The quantitative estimate of drug-likeness (QED) is 0.443. The third kappa shape index (κ3) is 11.6. The molecule has 0 radical (unpaired) electrons. The van der Waals surface area contributed by atoms with Crippen molar-refractivity contribution in [2.45, 2.75) is 32.6 Å². The average Bonchev–Trinajstić information content (AvgIpc) is 2.30. The van der Waals surface area contributed by atoms with Gasteiger partial charge in [-0.15, -0.1) is 0 Å². The Hall–Kier alpha value is -0.650. The topological polar surface area (TPSA) is 84.4 Å². The van der Waals surface area contributed by atoms with Crippen molar-refractivity contribution in [2.75, 3.05) is 39.3 Å². The molecular formula is C12H28N4O. The number of nitrogens with two attached hydrogens (primary N) is 2. The first-order valence-electron chi connectivity index (χ1n) is 6.57. The van der Waals surface area contributed by atoms with E-state index in [1.165, 1.54) is 0 Å². The molecule has 0 fully saturated rings. The van der Waals surface area contributed by atoms with Gasteiger partial charge in [-0.1, -0.05) is 0 Å². The van der Waals surface area contributed by atoms with Crippen LogP contribution in [0.5, 0.6) is 0 Å².